The molecule has 0 heterocycles. The summed E-state index contributed by atoms with van der Waals surface area (Å²) in [6.07, 6.45) is 3.03. The molecular formula is C9H20N2S. The summed E-state index contributed by atoms with van der Waals surface area (Å²) in [6, 6.07) is 0. The fourth-order valence-electron chi connectivity index (χ4n) is 0.926. The minimum atomic E-state index is 0.366. The van der Waals surface area contributed by atoms with E-state index in [9.17, 15) is 0 Å². The van der Waals surface area contributed by atoms with Gasteiger partial charge < -0.3 is 0 Å². The molecule has 0 aromatic carbocycles. The minimum absolute atomic E-state index is 0.366. The van der Waals surface area contributed by atoms with Crippen LogP contribution < -0.4 is 10.6 Å². The molecular weight excluding hydrogens is 168 g/mol. The largest absolute Gasteiger partial charge is 0.296 e. The lowest BCUT2D eigenvalue weighted by atomic mass is 10.3. The van der Waals surface area contributed by atoms with E-state index >= 15 is 0 Å². The summed E-state index contributed by atoms with van der Waals surface area (Å²) < 4.78 is 0. The van der Waals surface area contributed by atoms with E-state index in [2.05, 4.69) is 31.1 Å². The van der Waals surface area contributed by atoms with Crippen molar-refractivity contribution in [3.05, 3.63) is 12.7 Å². The van der Waals surface area contributed by atoms with Gasteiger partial charge in [-0.3, -0.25) is 10.6 Å². The molecule has 0 amide bonds. The molecule has 12 heavy (non-hydrogen) atoms. The topological polar surface area (TPSA) is 24.1 Å². The zero-order valence-electron chi connectivity index (χ0n) is 8.26. The molecule has 2 atom stereocenters. The van der Waals surface area contributed by atoms with E-state index in [1.165, 1.54) is 0 Å². The van der Waals surface area contributed by atoms with E-state index in [1.807, 2.05) is 24.9 Å². The average Bonchev–Trinajstić information content (AvgIpc) is 2.04. The van der Waals surface area contributed by atoms with Crippen LogP contribution in [0.25, 0.3) is 0 Å². The monoisotopic (exact) mass is 188 g/mol. The fourth-order valence-corrected chi connectivity index (χ4v) is 2.04. The molecule has 0 saturated heterocycles. The second-order valence-electron chi connectivity index (χ2n) is 2.70. The second-order valence-corrected chi connectivity index (χ2v) is 4.25. The average molecular weight is 188 g/mol. The van der Waals surface area contributed by atoms with Gasteiger partial charge in [-0.1, -0.05) is 19.9 Å². The Labute approximate surface area is 80.2 Å². The van der Waals surface area contributed by atoms with Crippen molar-refractivity contribution in [1.82, 2.24) is 10.6 Å². The highest BCUT2D eigenvalue weighted by atomic mass is 32.2. The molecule has 3 heteroatoms. The van der Waals surface area contributed by atoms with Crippen LogP contribution in [0.15, 0.2) is 12.7 Å². The summed E-state index contributed by atoms with van der Waals surface area (Å²) in [6.45, 7) is 9.06. The van der Waals surface area contributed by atoms with Gasteiger partial charge in [-0.25, -0.2) is 0 Å². The Hall–Kier alpha value is 0.01000. The highest BCUT2D eigenvalue weighted by molar-refractivity contribution is 8.00. The standard InChI is InChI=1S/C9H20N2S/c1-5-7-8(3)12-9(10-4)11-6-2/h5,8-11H,1,6-7H2,2-4H3. The van der Waals surface area contributed by atoms with E-state index in [-0.39, 0.29) is 0 Å². The third-order valence-corrected chi connectivity index (χ3v) is 2.85. The fraction of sp³-hybridized carbons (Fsp3) is 0.778. The molecule has 0 aromatic rings. The number of nitrogens with one attached hydrogen (secondary N) is 2. The van der Waals surface area contributed by atoms with E-state index in [0.717, 1.165) is 13.0 Å². The van der Waals surface area contributed by atoms with E-state index in [4.69, 9.17) is 0 Å². The van der Waals surface area contributed by atoms with Crippen molar-refractivity contribution < 1.29 is 0 Å². The summed E-state index contributed by atoms with van der Waals surface area (Å²) in [5.41, 5.74) is 0.366. The molecule has 0 spiro atoms. The number of rotatable bonds is 7. The molecule has 0 rings (SSSR count). The van der Waals surface area contributed by atoms with Gasteiger partial charge in [-0.15, -0.1) is 18.3 Å². The van der Waals surface area contributed by atoms with Gasteiger partial charge in [-0.2, -0.15) is 0 Å². The summed E-state index contributed by atoms with van der Waals surface area (Å²) in [5, 5.41) is 7.17. The van der Waals surface area contributed by atoms with E-state index in [1.54, 1.807) is 0 Å². The van der Waals surface area contributed by atoms with Gasteiger partial charge in [0.15, 0.2) is 0 Å². The number of thioether (sulfide) groups is 1. The maximum Gasteiger partial charge on any atom is 0.105 e. The van der Waals surface area contributed by atoms with Gasteiger partial charge in [0, 0.05) is 5.25 Å². The molecule has 72 valence electrons. The van der Waals surface area contributed by atoms with Crippen LogP contribution in [-0.2, 0) is 0 Å². The van der Waals surface area contributed by atoms with Crippen LogP contribution >= 0.6 is 11.8 Å². The van der Waals surface area contributed by atoms with Crippen molar-refractivity contribution in [2.24, 2.45) is 0 Å². The summed E-state index contributed by atoms with van der Waals surface area (Å²) >= 11 is 1.90. The first-order valence-electron chi connectivity index (χ1n) is 4.41. The van der Waals surface area contributed by atoms with Gasteiger partial charge >= 0.3 is 0 Å². The quantitative estimate of drug-likeness (QED) is 0.470. The third-order valence-electron chi connectivity index (χ3n) is 1.52. The SMILES string of the molecule is C=CCC(C)SC(NC)NCC. The third kappa shape index (κ3) is 5.63. The highest BCUT2D eigenvalue weighted by Gasteiger charge is 2.08. The molecule has 0 saturated carbocycles. The summed E-state index contributed by atoms with van der Waals surface area (Å²) in [7, 11) is 1.97. The number of hydrogen-bond donors (Lipinski definition) is 2. The van der Waals surface area contributed by atoms with Crippen molar-refractivity contribution >= 4 is 11.8 Å². The second kappa shape index (κ2) is 7.65. The maximum atomic E-state index is 3.73. The zero-order valence-corrected chi connectivity index (χ0v) is 9.08. The molecule has 0 aliphatic carbocycles. The van der Waals surface area contributed by atoms with Crippen LogP contribution in [0.4, 0.5) is 0 Å². The Balaban J connectivity index is 3.60. The maximum absolute atomic E-state index is 3.73. The first-order valence-corrected chi connectivity index (χ1v) is 5.35. The Bertz CT molecular complexity index is 117. The zero-order chi connectivity index (χ0) is 9.40. The molecule has 0 bridgehead atoms. The predicted molar refractivity (Wildman–Crippen MR) is 58.4 cm³/mol. The molecule has 2 unspecified atom stereocenters. The molecule has 0 aliphatic rings. The normalized spacial score (nSPS) is 15.6. The molecule has 2 N–H and O–H groups in total. The lowest BCUT2D eigenvalue weighted by molar-refractivity contribution is 0.606. The van der Waals surface area contributed by atoms with Crippen LogP contribution in [0.3, 0.4) is 0 Å². The molecule has 0 aromatic heterocycles. The van der Waals surface area contributed by atoms with Gasteiger partial charge in [-0.05, 0) is 20.0 Å². The Morgan fingerprint density at radius 2 is 2.25 bits per heavy atom. The van der Waals surface area contributed by atoms with Gasteiger partial charge in [0.25, 0.3) is 0 Å². The van der Waals surface area contributed by atoms with Crippen LogP contribution in [0.2, 0.25) is 0 Å². The smallest absolute Gasteiger partial charge is 0.105 e. The Morgan fingerprint density at radius 3 is 2.67 bits per heavy atom. The van der Waals surface area contributed by atoms with Crippen LogP contribution in [-0.4, -0.2) is 24.3 Å². The van der Waals surface area contributed by atoms with E-state index < -0.39 is 0 Å². The predicted octanol–water partition coefficient (Wildman–Crippen LogP) is 1.80. The first kappa shape index (κ1) is 12.0. The Kier molecular flexibility index (Phi) is 7.65. The molecule has 0 aliphatic heterocycles. The van der Waals surface area contributed by atoms with Gasteiger partial charge in [0.05, 0.1) is 0 Å². The summed E-state index contributed by atoms with van der Waals surface area (Å²) in [4.78, 5) is 0. The highest BCUT2D eigenvalue weighted by Crippen LogP contribution is 2.16. The van der Waals surface area contributed by atoms with E-state index in [0.29, 0.717) is 10.7 Å². The summed E-state index contributed by atoms with van der Waals surface area (Å²) in [5.74, 6) is 0. The van der Waals surface area contributed by atoms with Crippen LogP contribution in [0.1, 0.15) is 20.3 Å². The van der Waals surface area contributed by atoms with Gasteiger partial charge in [0.2, 0.25) is 0 Å². The van der Waals surface area contributed by atoms with Crippen molar-refractivity contribution in [3.8, 4) is 0 Å². The van der Waals surface area contributed by atoms with Gasteiger partial charge in [0.1, 0.15) is 5.50 Å². The lowest BCUT2D eigenvalue weighted by Gasteiger charge is -2.19. The minimum Gasteiger partial charge on any atom is -0.296 e. The molecule has 0 fully saturated rings. The van der Waals surface area contributed by atoms with Crippen LogP contribution in [0, 0.1) is 0 Å². The first-order chi connectivity index (χ1) is 5.74. The lowest BCUT2D eigenvalue weighted by Crippen LogP contribution is -2.38. The van der Waals surface area contributed by atoms with Crippen molar-refractivity contribution in [2.75, 3.05) is 13.6 Å². The number of hydrogen-bond acceptors (Lipinski definition) is 3. The van der Waals surface area contributed by atoms with Crippen molar-refractivity contribution in [3.63, 3.8) is 0 Å². The van der Waals surface area contributed by atoms with Crippen LogP contribution in [0.5, 0.6) is 0 Å². The molecule has 0 radical (unpaired) electrons. The van der Waals surface area contributed by atoms with Crippen molar-refractivity contribution in [1.29, 1.82) is 0 Å². The molecule has 2 nitrogen and oxygen atoms in total. The Morgan fingerprint density at radius 1 is 1.58 bits per heavy atom. The van der Waals surface area contributed by atoms with Crippen molar-refractivity contribution in [2.45, 2.75) is 31.0 Å². The number of allylic oxidation sites excluding steroid dienone is 1.